The molecule has 23 heavy (non-hydrogen) atoms. The summed E-state index contributed by atoms with van der Waals surface area (Å²) in [5.41, 5.74) is 3.41. The number of benzene rings is 3. The van der Waals surface area contributed by atoms with Crippen LogP contribution in [-0.2, 0) is 6.42 Å². The average molecular weight is 302 g/mol. The fourth-order valence-corrected chi connectivity index (χ4v) is 2.74. The summed E-state index contributed by atoms with van der Waals surface area (Å²) in [5.74, 6) is -0.0695. The van der Waals surface area contributed by atoms with E-state index in [4.69, 9.17) is 0 Å². The highest BCUT2D eigenvalue weighted by molar-refractivity contribution is 6.14. The number of hydrogen-bond donors (Lipinski definition) is 1. The Balaban J connectivity index is 2.22. The summed E-state index contributed by atoms with van der Waals surface area (Å²) in [4.78, 5) is 13.0. The van der Waals surface area contributed by atoms with Gasteiger partial charge in [-0.25, -0.2) is 0 Å². The topological polar surface area (TPSA) is 37.3 Å². The summed E-state index contributed by atoms with van der Waals surface area (Å²) in [6.45, 7) is 1.97. The van der Waals surface area contributed by atoms with E-state index in [9.17, 15) is 9.90 Å². The summed E-state index contributed by atoms with van der Waals surface area (Å²) < 4.78 is 0. The monoisotopic (exact) mass is 302 g/mol. The Morgan fingerprint density at radius 3 is 2.09 bits per heavy atom. The fraction of sp³-hybridized carbons (Fsp3) is 0.0952. The van der Waals surface area contributed by atoms with E-state index in [0.29, 0.717) is 17.5 Å². The molecule has 0 heterocycles. The van der Waals surface area contributed by atoms with Crippen molar-refractivity contribution in [3.8, 4) is 16.9 Å². The van der Waals surface area contributed by atoms with Gasteiger partial charge in [0.2, 0.25) is 0 Å². The average Bonchev–Trinajstić information content (AvgIpc) is 2.62. The Kier molecular flexibility index (Phi) is 4.24. The van der Waals surface area contributed by atoms with Gasteiger partial charge in [0.25, 0.3) is 0 Å². The molecule has 0 amide bonds. The first-order valence-corrected chi connectivity index (χ1v) is 7.72. The number of aromatic hydroxyl groups is 1. The van der Waals surface area contributed by atoms with E-state index in [1.54, 1.807) is 12.1 Å². The molecule has 2 heteroatoms. The van der Waals surface area contributed by atoms with Gasteiger partial charge in [-0.15, -0.1) is 0 Å². The highest BCUT2D eigenvalue weighted by Gasteiger charge is 2.21. The van der Waals surface area contributed by atoms with Crippen LogP contribution in [0.2, 0.25) is 0 Å². The zero-order valence-corrected chi connectivity index (χ0v) is 13.0. The second-order valence-corrected chi connectivity index (χ2v) is 5.41. The van der Waals surface area contributed by atoms with Crippen LogP contribution in [0.25, 0.3) is 11.1 Å². The molecule has 0 radical (unpaired) electrons. The molecular weight excluding hydrogens is 284 g/mol. The highest BCUT2D eigenvalue weighted by atomic mass is 16.3. The summed E-state index contributed by atoms with van der Waals surface area (Å²) in [6.07, 6.45) is 0.677. The lowest BCUT2D eigenvalue weighted by atomic mass is 9.90. The summed E-state index contributed by atoms with van der Waals surface area (Å²) >= 11 is 0. The Labute approximate surface area is 136 Å². The molecule has 0 aliphatic carbocycles. The second kappa shape index (κ2) is 6.49. The van der Waals surface area contributed by atoms with E-state index in [1.165, 1.54) is 0 Å². The van der Waals surface area contributed by atoms with Gasteiger partial charge in [0.05, 0.1) is 5.56 Å². The molecule has 0 saturated carbocycles. The number of aryl methyl sites for hydroxylation is 1. The Morgan fingerprint density at radius 1 is 0.870 bits per heavy atom. The van der Waals surface area contributed by atoms with Crippen LogP contribution in [0.15, 0.2) is 72.8 Å². The molecule has 0 aliphatic heterocycles. The maximum Gasteiger partial charge on any atom is 0.197 e. The molecule has 3 aromatic rings. The van der Waals surface area contributed by atoms with Crippen LogP contribution in [0, 0.1) is 0 Å². The van der Waals surface area contributed by atoms with Crippen LogP contribution in [-0.4, -0.2) is 10.9 Å². The minimum Gasteiger partial charge on any atom is -0.507 e. The molecular formula is C21H18O2. The molecule has 3 aromatic carbocycles. The predicted octanol–water partition coefficient (Wildman–Crippen LogP) is 4.85. The van der Waals surface area contributed by atoms with Crippen molar-refractivity contribution in [3.63, 3.8) is 0 Å². The number of ketones is 1. The number of rotatable bonds is 4. The first-order chi connectivity index (χ1) is 11.2. The molecule has 0 saturated heterocycles. The SMILES string of the molecule is CCc1ccc(-c2ccccc2)c(C(=O)c2ccccc2)c1O. The first kappa shape index (κ1) is 15.0. The van der Waals surface area contributed by atoms with Crippen molar-refractivity contribution in [1.82, 2.24) is 0 Å². The molecule has 3 rings (SSSR count). The van der Waals surface area contributed by atoms with Gasteiger partial charge in [0.15, 0.2) is 5.78 Å². The van der Waals surface area contributed by atoms with Crippen molar-refractivity contribution in [1.29, 1.82) is 0 Å². The maximum atomic E-state index is 13.0. The summed E-state index contributed by atoms with van der Waals surface area (Å²) in [6, 6.07) is 22.6. The van der Waals surface area contributed by atoms with Gasteiger partial charge in [-0.05, 0) is 23.1 Å². The van der Waals surface area contributed by atoms with Gasteiger partial charge in [0, 0.05) is 5.56 Å². The van der Waals surface area contributed by atoms with E-state index in [-0.39, 0.29) is 11.5 Å². The zero-order valence-electron chi connectivity index (χ0n) is 13.0. The number of carbonyl (C=O) groups is 1. The third kappa shape index (κ3) is 2.88. The zero-order chi connectivity index (χ0) is 16.2. The van der Waals surface area contributed by atoms with E-state index in [0.717, 1.165) is 16.7 Å². The molecule has 0 atom stereocenters. The van der Waals surface area contributed by atoms with E-state index in [2.05, 4.69) is 0 Å². The number of phenols is 1. The number of carbonyl (C=O) groups excluding carboxylic acids is 1. The van der Waals surface area contributed by atoms with Gasteiger partial charge < -0.3 is 5.11 Å². The van der Waals surface area contributed by atoms with Crippen LogP contribution in [0.3, 0.4) is 0 Å². The van der Waals surface area contributed by atoms with Crippen molar-refractivity contribution >= 4 is 5.78 Å². The van der Waals surface area contributed by atoms with E-state index >= 15 is 0 Å². The van der Waals surface area contributed by atoms with Gasteiger partial charge in [-0.1, -0.05) is 79.7 Å². The number of hydrogen-bond acceptors (Lipinski definition) is 2. The lowest BCUT2D eigenvalue weighted by Crippen LogP contribution is -2.05. The normalized spacial score (nSPS) is 10.5. The van der Waals surface area contributed by atoms with Gasteiger partial charge in [0.1, 0.15) is 5.75 Å². The van der Waals surface area contributed by atoms with Crippen molar-refractivity contribution in [2.24, 2.45) is 0 Å². The van der Waals surface area contributed by atoms with Crippen LogP contribution in [0.1, 0.15) is 28.4 Å². The Bertz CT molecular complexity index is 821. The summed E-state index contributed by atoms with van der Waals surface area (Å²) in [7, 11) is 0. The van der Waals surface area contributed by atoms with Crippen LogP contribution < -0.4 is 0 Å². The molecule has 114 valence electrons. The first-order valence-electron chi connectivity index (χ1n) is 7.72. The molecule has 0 aromatic heterocycles. The van der Waals surface area contributed by atoms with Crippen LogP contribution in [0.5, 0.6) is 5.75 Å². The molecule has 0 fully saturated rings. The fourth-order valence-electron chi connectivity index (χ4n) is 2.74. The standard InChI is InChI=1S/C21H18O2/c1-2-15-13-14-18(16-9-5-3-6-10-16)19(20(15)22)21(23)17-11-7-4-8-12-17/h3-14,22H,2H2,1H3. The molecule has 0 spiro atoms. The molecule has 2 nitrogen and oxygen atoms in total. The molecule has 1 N–H and O–H groups in total. The van der Waals surface area contributed by atoms with Crippen LogP contribution >= 0.6 is 0 Å². The third-order valence-corrected chi connectivity index (χ3v) is 3.99. The second-order valence-electron chi connectivity index (χ2n) is 5.41. The molecule has 0 bridgehead atoms. The van der Waals surface area contributed by atoms with Crippen molar-refractivity contribution in [2.75, 3.05) is 0 Å². The highest BCUT2D eigenvalue weighted by Crippen LogP contribution is 2.35. The lowest BCUT2D eigenvalue weighted by Gasteiger charge is -2.14. The quantitative estimate of drug-likeness (QED) is 0.699. The predicted molar refractivity (Wildman–Crippen MR) is 92.8 cm³/mol. The molecule has 0 aliphatic rings. The largest absolute Gasteiger partial charge is 0.507 e. The smallest absolute Gasteiger partial charge is 0.197 e. The number of phenolic OH excluding ortho intramolecular Hbond substituents is 1. The van der Waals surface area contributed by atoms with Crippen molar-refractivity contribution in [2.45, 2.75) is 13.3 Å². The Hall–Kier alpha value is -2.87. The molecule has 0 unspecified atom stereocenters. The van der Waals surface area contributed by atoms with Crippen LogP contribution in [0.4, 0.5) is 0 Å². The maximum absolute atomic E-state index is 13.0. The van der Waals surface area contributed by atoms with Gasteiger partial charge in [-0.3, -0.25) is 4.79 Å². The van der Waals surface area contributed by atoms with Gasteiger partial charge in [-0.2, -0.15) is 0 Å². The lowest BCUT2D eigenvalue weighted by molar-refractivity contribution is 0.103. The Morgan fingerprint density at radius 2 is 1.48 bits per heavy atom. The minimum absolute atomic E-state index is 0.0858. The van der Waals surface area contributed by atoms with Crippen molar-refractivity contribution in [3.05, 3.63) is 89.5 Å². The summed E-state index contributed by atoms with van der Waals surface area (Å²) in [5, 5.41) is 10.6. The van der Waals surface area contributed by atoms with E-state index in [1.807, 2.05) is 67.6 Å². The third-order valence-electron chi connectivity index (χ3n) is 3.99. The van der Waals surface area contributed by atoms with E-state index < -0.39 is 0 Å². The minimum atomic E-state index is -0.155. The van der Waals surface area contributed by atoms with Crippen molar-refractivity contribution < 1.29 is 9.90 Å². The van der Waals surface area contributed by atoms with Gasteiger partial charge >= 0.3 is 0 Å².